The SMILES string of the molecule is CN1[C]N(CN2[C]N(C)c3ccccc32)c2ccccc21.[Br][Pd][Br]. The van der Waals surface area contributed by atoms with Crippen LogP contribution in [0.3, 0.4) is 0 Å². The van der Waals surface area contributed by atoms with E-state index in [9.17, 15) is 0 Å². The van der Waals surface area contributed by atoms with E-state index < -0.39 is 0 Å². The first-order valence-electron chi connectivity index (χ1n) is 7.21. The third kappa shape index (κ3) is 3.60. The van der Waals surface area contributed by atoms with Crippen molar-refractivity contribution in [3.05, 3.63) is 61.9 Å². The Bertz CT molecular complexity index is 642. The summed E-state index contributed by atoms with van der Waals surface area (Å²) in [6.45, 7) is 7.41. The number of benzene rings is 2. The monoisotopic (exact) mass is 540 g/mol. The summed E-state index contributed by atoms with van der Waals surface area (Å²) in [5.41, 5.74) is 4.71. The molecule has 0 fully saturated rings. The Morgan fingerprint density at radius 2 is 1.08 bits per heavy atom. The summed E-state index contributed by atoms with van der Waals surface area (Å²) in [6.07, 6.45) is 0. The quantitative estimate of drug-likeness (QED) is 0.517. The van der Waals surface area contributed by atoms with Crippen LogP contribution in [0.25, 0.3) is 0 Å². The molecule has 2 heterocycles. The Labute approximate surface area is 165 Å². The van der Waals surface area contributed by atoms with Crippen molar-refractivity contribution in [1.82, 2.24) is 0 Å². The van der Waals surface area contributed by atoms with Crippen LogP contribution in [0.5, 0.6) is 0 Å². The predicted molar refractivity (Wildman–Crippen MR) is 104 cm³/mol. The molecule has 128 valence electrons. The number of fused-ring (bicyclic) bond motifs is 2. The standard InChI is InChI=1S/C17H16N4.2BrH.Pd/c1-18-11-20(16-9-5-3-7-14(16)18)13-21-12-19(2)15-8-4-6-10-17(15)21;;;/h3-10H,13H2,1-2H3;2*1H;/q;;;+2/p-2. The molecule has 0 aliphatic carbocycles. The zero-order chi connectivity index (χ0) is 17.1. The molecule has 4 nitrogen and oxygen atoms in total. The molecule has 0 atom stereocenters. The van der Waals surface area contributed by atoms with Gasteiger partial charge in [0.05, 0.1) is 29.4 Å². The van der Waals surface area contributed by atoms with Crippen molar-refractivity contribution >= 4 is 49.6 Å². The molecule has 2 aromatic carbocycles. The first-order valence-corrected chi connectivity index (χ1v) is 14.3. The van der Waals surface area contributed by atoms with Crippen LogP contribution < -0.4 is 19.6 Å². The molecular formula is C17H16Br2N4Pd. The molecular weight excluding hydrogens is 526 g/mol. The van der Waals surface area contributed by atoms with Gasteiger partial charge in [-0.1, -0.05) is 24.3 Å². The van der Waals surface area contributed by atoms with Crippen molar-refractivity contribution in [2.75, 3.05) is 40.4 Å². The van der Waals surface area contributed by atoms with Gasteiger partial charge in [0.25, 0.3) is 0 Å². The number of hydrogen-bond donors (Lipinski definition) is 0. The molecule has 0 saturated carbocycles. The third-order valence-corrected chi connectivity index (χ3v) is 3.89. The van der Waals surface area contributed by atoms with E-state index in [-0.39, 0.29) is 0 Å². The van der Waals surface area contributed by atoms with Gasteiger partial charge in [-0.05, 0) is 24.3 Å². The van der Waals surface area contributed by atoms with Gasteiger partial charge in [-0.2, -0.15) is 0 Å². The van der Waals surface area contributed by atoms with Gasteiger partial charge >= 0.3 is 40.8 Å². The fraction of sp³-hybridized carbons (Fsp3) is 0.176. The molecule has 2 aromatic rings. The average Bonchev–Trinajstić information content (AvgIpc) is 3.08. The second-order valence-corrected chi connectivity index (χ2v) is 12.5. The van der Waals surface area contributed by atoms with Gasteiger partial charge in [0, 0.05) is 14.1 Å². The van der Waals surface area contributed by atoms with Crippen LogP contribution in [0.1, 0.15) is 0 Å². The van der Waals surface area contributed by atoms with Gasteiger partial charge in [-0.25, -0.2) is 0 Å². The average molecular weight is 543 g/mol. The third-order valence-electron chi connectivity index (χ3n) is 3.89. The van der Waals surface area contributed by atoms with Crippen molar-refractivity contribution in [3.63, 3.8) is 0 Å². The zero-order valence-electron chi connectivity index (χ0n) is 13.2. The van der Waals surface area contributed by atoms with E-state index in [1.54, 1.807) is 0 Å². The number of para-hydroxylation sites is 4. The maximum absolute atomic E-state index is 3.36. The van der Waals surface area contributed by atoms with Gasteiger partial charge < -0.3 is 19.6 Å². The van der Waals surface area contributed by atoms with Crippen molar-refractivity contribution in [1.29, 1.82) is 0 Å². The second-order valence-electron chi connectivity index (χ2n) is 5.34. The van der Waals surface area contributed by atoms with Gasteiger partial charge in [0.1, 0.15) is 0 Å². The topological polar surface area (TPSA) is 13.0 Å². The fourth-order valence-corrected chi connectivity index (χ4v) is 2.89. The van der Waals surface area contributed by atoms with Gasteiger partial charge in [0.2, 0.25) is 13.3 Å². The van der Waals surface area contributed by atoms with Crippen LogP contribution in [0.15, 0.2) is 48.5 Å². The molecule has 0 unspecified atom stereocenters. The summed E-state index contributed by atoms with van der Waals surface area (Å²) in [6, 6.07) is 16.7. The number of rotatable bonds is 2. The molecule has 7 heteroatoms. The molecule has 0 aromatic heterocycles. The van der Waals surface area contributed by atoms with E-state index in [0.29, 0.717) is 20.6 Å². The Balaban J connectivity index is 0.000000526. The summed E-state index contributed by atoms with van der Waals surface area (Å²) in [4.78, 5) is 8.30. The Kier molecular flexibility index (Phi) is 6.09. The van der Waals surface area contributed by atoms with E-state index in [1.807, 2.05) is 23.9 Å². The van der Waals surface area contributed by atoms with Crippen molar-refractivity contribution in [2.45, 2.75) is 0 Å². The van der Waals surface area contributed by atoms with E-state index in [2.05, 4.69) is 98.5 Å². The minimum absolute atomic E-state index is 0.575. The number of anilines is 4. The van der Waals surface area contributed by atoms with E-state index in [4.69, 9.17) is 0 Å². The van der Waals surface area contributed by atoms with Crippen LogP contribution in [0, 0.1) is 13.3 Å². The fourth-order valence-electron chi connectivity index (χ4n) is 2.89. The molecule has 0 bridgehead atoms. The van der Waals surface area contributed by atoms with Crippen LogP contribution in [-0.4, -0.2) is 20.8 Å². The molecule has 2 aliphatic heterocycles. The van der Waals surface area contributed by atoms with Crippen molar-refractivity contribution in [2.24, 2.45) is 0 Å². The molecule has 2 aliphatic rings. The molecule has 0 N–H and O–H groups in total. The van der Waals surface area contributed by atoms with E-state index >= 15 is 0 Å². The maximum atomic E-state index is 3.36. The first-order chi connectivity index (χ1) is 11.7. The summed E-state index contributed by atoms with van der Waals surface area (Å²) < 4.78 is 0. The second kappa shape index (κ2) is 8.09. The van der Waals surface area contributed by atoms with Crippen LogP contribution in [0.2, 0.25) is 0 Å². The van der Waals surface area contributed by atoms with E-state index in [1.165, 1.54) is 22.7 Å². The van der Waals surface area contributed by atoms with E-state index in [0.717, 1.165) is 0 Å². The molecule has 4 radical (unpaired) electrons. The summed E-state index contributed by atoms with van der Waals surface area (Å²) >= 11 is 6.80. The molecule has 0 amide bonds. The normalized spacial score (nSPS) is 15.3. The Hall–Kier alpha value is -0.738. The number of halogens is 2. The predicted octanol–water partition coefficient (Wildman–Crippen LogP) is 4.54. The number of nitrogens with zero attached hydrogens (tertiary/aromatic N) is 4. The van der Waals surface area contributed by atoms with Gasteiger partial charge in [-0.15, -0.1) is 0 Å². The Morgan fingerprint density at radius 1 is 0.750 bits per heavy atom. The zero-order valence-corrected chi connectivity index (χ0v) is 17.9. The summed E-state index contributed by atoms with van der Waals surface area (Å²) in [7, 11) is 4.05. The van der Waals surface area contributed by atoms with Crippen molar-refractivity contribution in [3.8, 4) is 0 Å². The first kappa shape index (κ1) is 18.1. The Morgan fingerprint density at radius 3 is 1.46 bits per heavy atom. The summed E-state index contributed by atoms with van der Waals surface area (Å²) in [5.74, 6) is 0. The molecule has 0 saturated heterocycles. The summed E-state index contributed by atoms with van der Waals surface area (Å²) in [5, 5.41) is 0. The minimum atomic E-state index is 0.575. The molecule has 24 heavy (non-hydrogen) atoms. The van der Waals surface area contributed by atoms with Crippen LogP contribution in [-0.2, 0) is 13.9 Å². The molecule has 0 spiro atoms. The van der Waals surface area contributed by atoms with Crippen LogP contribution >= 0.6 is 26.9 Å². The number of hydrogen-bond acceptors (Lipinski definition) is 4. The van der Waals surface area contributed by atoms with Crippen molar-refractivity contribution < 1.29 is 13.9 Å². The molecule has 4 rings (SSSR count). The van der Waals surface area contributed by atoms with Gasteiger partial charge in [0.15, 0.2) is 0 Å². The van der Waals surface area contributed by atoms with Crippen LogP contribution in [0.4, 0.5) is 22.7 Å². The van der Waals surface area contributed by atoms with Gasteiger partial charge in [-0.3, -0.25) is 0 Å².